The van der Waals surface area contributed by atoms with Gasteiger partial charge in [-0.15, -0.1) is 0 Å². The van der Waals surface area contributed by atoms with E-state index in [1.807, 2.05) is 39.0 Å². The molecule has 0 spiro atoms. The highest BCUT2D eigenvalue weighted by Gasteiger charge is 2.17. The van der Waals surface area contributed by atoms with Gasteiger partial charge in [-0.1, -0.05) is 29.8 Å². The Bertz CT molecular complexity index is 1220. The van der Waals surface area contributed by atoms with Crippen LogP contribution in [0.15, 0.2) is 65.6 Å². The number of hydrogen-bond donors (Lipinski definition) is 2. The van der Waals surface area contributed by atoms with Crippen LogP contribution < -0.4 is 19.5 Å². The van der Waals surface area contributed by atoms with E-state index in [9.17, 15) is 13.2 Å². The second-order valence-electron chi connectivity index (χ2n) is 7.26. The smallest absolute Gasteiger partial charge is 0.262 e. The first-order chi connectivity index (χ1) is 15.7. The van der Waals surface area contributed by atoms with Crippen molar-refractivity contribution in [2.24, 2.45) is 0 Å². The third-order valence-corrected chi connectivity index (χ3v) is 6.41. The highest BCUT2D eigenvalue weighted by Crippen LogP contribution is 2.29. The van der Waals surface area contributed by atoms with Gasteiger partial charge in [-0.2, -0.15) is 0 Å². The number of hydrogen-bond acceptors (Lipinski definition) is 5. The van der Waals surface area contributed by atoms with Crippen LogP contribution in [-0.4, -0.2) is 27.5 Å². The van der Waals surface area contributed by atoms with Crippen LogP contribution in [0.2, 0.25) is 5.02 Å². The molecule has 0 bridgehead atoms. The number of sulfonamides is 1. The number of amides is 1. The minimum atomic E-state index is -3.87. The van der Waals surface area contributed by atoms with Gasteiger partial charge in [-0.05, 0) is 74.4 Å². The SMILES string of the molecule is CCOc1ccc(NS(=O)(=O)c2ccc(OCC(=O)Nc3c(C)cccc3C)c(Cl)c2)cc1. The molecule has 0 radical (unpaired) electrons. The number of carbonyl (C=O) groups excluding carboxylic acids is 1. The number of anilines is 2. The maximum atomic E-state index is 12.7. The highest BCUT2D eigenvalue weighted by atomic mass is 35.5. The fourth-order valence-corrected chi connectivity index (χ4v) is 4.48. The Hall–Kier alpha value is -3.23. The third kappa shape index (κ3) is 6.40. The Labute approximate surface area is 198 Å². The fraction of sp³-hybridized carbons (Fsp3) is 0.208. The molecule has 3 aromatic rings. The van der Waals surface area contributed by atoms with Crippen LogP contribution in [0.3, 0.4) is 0 Å². The van der Waals surface area contributed by atoms with Gasteiger partial charge in [-0.25, -0.2) is 8.42 Å². The zero-order valence-corrected chi connectivity index (χ0v) is 20.1. The van der Waals surface area contributed by atoms with E-state index in [1.54, 1.807) is 24.3 Å². The molecule has 0 heterocycles. The largest absolute Gasteiger partial charge is 0.494 e. The lowest BCUT2D eigenvalue weighted by atomic mass is 10.1. The van der Waals surface area contributed by atoms with E-state index in [1.165, 1.54) is 18.2 Å². The molecule has 1 amide bonds. The van der Waals surface area contributed by atoms with Crippen LogP contribution in [0, 0.1) is 13.8 Å². The molecule has 0 aromatic heterocycles. The molecule has 3 rings (SSSR count). The number of para-hydroxylation sites is 1. The molecule has 0 aliphatic rings. The number of nitrogens with one attached hydrogen (secondary N) is 2. The molecular weight excluding hydrogens is 464 g/mol. The Morgan fingerprint density at radius 1 is 0.970 bits per heavy atom. The lowest BCUT2D eigenvalue weighted by Gasteiger charge is -2.13. The highest BCUT2D eigenvalue weighted by molar-refractivity contribution is 7.92. The maximum absolute atomic E-state index is 12.7. The first-order valence-corrected chi connectivity index (χ1v) is 12.1. The second kappa shape index (κ2) is 10.6. The number of aryl methyl sites for hydroxylation is 2. The van der Waals surface area contributed by atoms with Crippen LogP contribution in [0.25, 0.3) is 0 Å². The second-order valence-corrected chi connectivity index (χ2v) is 9.35. The molecular formula is C24H25ClN2O5S. The molecule has 2 N–H and O–H groups in total. The van der Waals surface area contributed by atoms with Gasteiger partial charge in [0.15, 0.2) is 6.61 Å². The Morgan fingerprint density at radius 2 is 1.64 bits per heavy atom. The van der Waals surface area contributed by atoms with Gasteiger partial charge in [0.2, 0.25) is 0 Å². The Morgan fingerprint density at radius 3 is 2.24 bits per heavy atom. The van der Waals surface area contributed by atoms with Gasteiger partial charge in [0, 0.05) is 11.4 Å². The van der Waals surface area contributed by atoms with Gasteiger partial charge in [0.1, 0.15) is 11.5 Å². The molecule has 174 valence electrons. The first kappa shape index (κ1) is 24.4. The maximum Gasteiger partial charge on any atom is 0.262 e. The standard InChI is InChI=1S/C24H25ClN2O5S/c1-4-31-19-10-8-18(9-11-19)27-33(29,30)20-12-13-22(21(25)14-20)32-15-23(28)26-24-16(2)6-5-7-17(24)3/h5-14,27H,4,15H2,1-3H3,(H,26,28). The van der Waals surface area contributed by atoms with Crippen LogP contribution in [0.1, 0.15) is 18.1 Å². The van der Waals surface area contributed by atoms with Crippen molar-refractivity contribution in [3.05, 3.63) is 76.8 Å². The monoisotopic (exact) mass is 488 g/mol. The molecule has 0 atom stereocenters. The molecule has 0 saturated heterocycles. The topological polar surface area (TPSA) is 93.7 Å². The van der Waals surface area contributed by atoms with E-state index in [-0.39, 0.29) is 28.2 Å². The Balaban J connectivity index is 1.64. The number of halogens is 1. The molecule has 0 unspecified atom stereocenters. The van der Waals surface area contributed by atoms with E-state index in [0.29, 0.717) is 18.0 Å². The molecule has 9 heteroatoms. The summed E-state index contributed by atoms with van der Waals surface area (Å²) in [4.78, 5) is 12.3. The summed E-state index contributed by atoms with van der Waals surface area (Å²) < 4.78 is 38.7. The molecule has 0 saturated carbocycles. The van der Waals surface area contributed by atoms with Gasteiger partial charge < -0.3 is 14.8 Å². The summed E-state index contributed by atoms with van der Waals surface area (Å²) in [5, 5.41) is 2.89. The van der Waals surface area contributed by atoms with Gasteiger partial charge in [-0.3, -0.25) is 9.52 Å². The molecule has 0 aliphatic heterocycles. The normalized spacial score (nSPS) is 11.0. The van der Waals surface area contributed by atoms with Gasteiger partial charge >= 0.3 is 0 Å². The number of carbonyl (C=O) groups is 1. The summed E-state index contributed by atoms with van der Waals surface area (Å²) in [5.41, 5.74) is 3.00. The Kier molecular flexibility index (Phi) is 7.84. The predicted molar refractivity (Wildman–Crippen MR) is 130 cm³/mol. The third-order valence-electron chi connectivity index (χ3n) is 4.74. The number of ether oxygens (including phenoxy) is 2. The summed E-state index contributed by atoms with van der Waals surface area (Å²) in [6.07, 6.45) is 0. The van der Waals surface area contributed by atoms with Crippen molar-refractivity contribution < 1.29 is 22.7 Å². The first-order valence-electron chi connectivity index (χ1n) is 10.2. The van der Waals surface area contributed by atoms with Crippen LogP contribution in [-0.2, 0) is 14.8 Å². The summed E-state index contributed by atoms with van der Waals surface area (Å²) in [6.45, 7) is 5.92. The van der Waals surface area contributed by atoms with Crippen molar-refractivity contribution in [1.82, 2.24) is 0 Å². The average molecular weight is 489 g/mol. The predicted octanol–water partition coefficient (Wildman–Crippen LogP) is 5.17. The van der Waals surface area contributed by atoms with E-state index >= 15 is 0 Å². The van der Waals surface area contributed by atoms with Crippen molar-refractivity contribution >= 4 is 38.9 Å². The molecule has 3 aromatic carbocycles. The number of rotatable bonds is 9. The molecule has 0 aliphatic carbocycles. The lowest BCUT2D eigenvalue weighted by molar-refractivity contribution is -0.118. The van der Waals surface area contributed by atoms with Crippen molar-refractivity contribution in [2.45, 2.75) is 25.7 Å². The molecule has 33 heavy (non-hydrogen) atoms. The fourth-order valence-electron chi connectivity index (χ4n) is 3.10. The quantitative estimate of drug-likeness (QED) is 0.433. The summed E-state index contributed by atoms with van der Waals surface area (Å²) in [5.74, 6) is 0.497. The van der Waals surface area contributed by atoms with Crippen LogP contribution in [0.5, 0.6) is 11.5 Å². The minimum absolute atomic E-state index is 0.0336. The molecule has 0 fully saturated rings. The van der Waals surface area contributed by atoms with Gasteiger partial charge in [0.25, 0.3) is 15.9 Å². The average Bonchev–Trinajstić information content (AvgIpc) is 2.77. The number of benzene rings is 3. The van der Waals surface area contributed by atoms with Crippen molar-refractivity contribution in [1.29, 1.82) is 0 Å². The summed E-state index contributed by atoms with van der Waals surface area (Å²) in [6, 6.07) is 16.3. The zero-order chi connectivity index (χ0) is 24.0. The van der Waals surface area contributed by atoms with Gasteiger partial charge in [0.05, 0.1) is 16.5 Å². The van der Waals surface area contributed by atoms with E-state index in [2.05, 4.69) is 10.0 Å². The molecule has 7 nitrogen and oxygen atoms in total. The summed E-state index contributed by atoms with van der Waals surface area (Å²) in [7, 11) is -3.87. The minimum Gasteiger partial charge on any atom is -0.494 e. The van der Waals surface area contributed by atoms with Crippen molar-refractivity contribution in [3.63, 3.8) is 0 Å². The lowest BCUT2D eigenvalue weighted by Crippen LogP contribution is -2.21. The van der Waals surface area contributed by atoms with E-state index in [4.69, 9.17) is 21.1 Å². The zero-order valence-electron chi connectivity index (χ0n) is 18.5. The van der Waals surface area contributed by atoms with Crippen molar-refractivity contribution in [3.8, 4) is 11.5 Å². The van der Waals surface area contributed by atoms with E-state index < -0.39 is 10.0 Å². The summed E-state index contributed by atoms with van der Waals surface area (Å²) >= 11 is 6.22. The van der Waals surface area contributed by atoms with Crippen molar-refractivity contribution in [2.75, 3.05) is 23.3 Å². The van der Waals surface area contributed by atoms with E-state index in [0.717, 1.165) is 16.8 Å². The van der Waals surface area contributed by atoms with Crippen LogP contribution in [0.4, 0.5) is 11.4 Å². The van der Waals surface area contributed by atoms with Crippen LogP contribution >= 0.6 is 11.6 Å².